The van der Waals surface area contributed by atoms with Crippen LogP contribution in [-0.2, 0) is 21.8 Å². The van der Waals surface area contributed by atoms with Crippen LogP contribution < -0.4 is 4.74 Å². The van der Waals surface area contributed by atoms with E-state index in [1.54, 1.807) is 0 Å². The molecule has 0 fully saturated rings. The Labute approximate surface area is 325 Å². The summed E-state index contributed by atoms with van der Waals surface area (Å²) in [7, 11) is 0. The van der Waals surface area contributed by atoms with Crippen LogP contribution in [0.3, 0.4) is 0 Å². The number of thioether (sulfide) groups is 2. The minimum absolute atomic E-state index is 0.183. The molecule has 4 aromatic carbocycles. The molecule has 0 N–H and O–H groups in total. The van der Waals surface area contributed by atoms with Crippen molar-refractivity contribution in [1.29, 1.82) is 0 Å². The highest BCUT2D eigenvalue weighted by Gasteiger charge is 2.41. The largest absolute Gasteiger partial charge is 0.462 e. The molecule has 0 spiro atoms. The molecule has 21 heteroatoms. The maximum atomic E-state index is 13.6. The second kappa shape index (κ2) is 17.0. The fourth-order valence-corrected chi connectivity index (χ4v) is 7.49. The van der Waals surface area contributed by atoms with Gasteiger partial charge in [0.05, 0.1) is 44.0 Å². The quantitative estimate of drug-likeness (QED) is 0.0441. The summed E-state index contributed by atoms with van der Waals surface area (Å²) in [5.74, 6) is -4.03. The molecule has 55 heavy (non-hydrogen) atoms. The fraction of sp³-hybridized carbons (Fsp3) is 0.235. The Morgan fingerprint density at radius 1 is 0.655 bits per heavy atom. The molecule has 0 heterocycles. The Morgan fingerprint density at radius 3 is 1.20 bits per heavy atom. The number of hydrogen-bond acceptors (Lipinski definition) is 11. The third-order valence-corrected chi connectivity index (χ3v) is 9.92. The Hall–Kier alpha value is -4.72. The molecular formula is C34H24Cl2F6N2O9S2. The average molecular weight is 854 g/mol. The summed E-state index contributed by atoms with van der Waals surface area (Å²) in [5.41, 5.74) is -6.91. The molecular weight excluding hydrogens is 829 g/mol. The molecule has 0 saturated carbocycles. The Kier molecular flexibility index (Phi) is 13.3. The van der Waals surface area contributed by atoms with Crippen molar-refractivity contribution in [3.63, 3.8) is 0 Å². The second-order valence-electron chi connectivity index (χ2n) is 10.8. The van der Waals surface area contributed by atoms with Gasteiger partial charge in [-0.3, -0.25) is 20.2 Å². The molecule has 0 aliphatic rings. The third kappa shape index (κ3) is 8.58. The van der Waals surface area contributed by atoms with E-state index in [2.05, 4.69) is 0 Å². The van der Waals surface area contributed by atoms with Gasteiger partial charge in [0.1, 0.15) is 10.0 Å². The van der Waals surface area contributed by atoms with Gasteiger partial charge in [0.2, 0.25) is 0 Å². The first-order valence-electron chi connectivity index (χ1n) is 15.3. The highest BCUT2D eigenvalue weighted by Crippen LogP contribution is 2.57. The standard InChI is InChI=1S/C34H24Cl2F6N2O9S2/c1-5-51-31(45)21-23(35)27(19(29(54-3)25(21)43(47)48)15-7-11-17(12-8-15)33(37,38)39)53-28-20(16-9-13-18(14-10-16)34(40,41)42)30(55-4)26(44(49)50)22(24(28)36)32(46)52-6-2/h7-14H,5-6H2,1-4H3. The maximum Gasteiger partial charge on any atom is 0.416 e. The molecule has 0 saturated heterocycles. The van der Waals surface area contributed by atoms with Crippen LogP contribution in [0.5, 0.6) is 11.5 Å². The van der Waals surface area contributed by atoms with Gasteiger partial charge in [0, 0.05) is 11.1 Å². The number of halogens is 8. The number of benzene rings is 4. The Balaban J connectivity index is 2.29. The molecule has 292 valence electrons. The normalized spacial score (nSPS) is 11.6. The topological polar surface area (TPSA) is 148 Å². The van der Waals surface area contributed by atoms with Gasteiger partial charge < -0.3 is 14.2 Å². The van der Waals surface area contributed by atoms with E-state index >= 15 is 0 Å². The predicted molar refractivity (Wildman–Crippen MR) is 193 cm³/mol. The van der Waals surface area contributed by atoms with E-state index in [1.165, 1.54) is 26.4 Å². The smallest absolute Gasteiger partial charge is 0.416 e. The SMILES string of the molecule is CCOC(=O)c1c(Cl)c(Oc2c(Cl)c(C(=O)OCC)c([N+](=O)[O-])c(SC)c2-c2ccc(C(F)(F)F)cc2)c(-c2ccc(C(F)(F)F)cc2)c(SC)c1[N+](=O)[O-]. The van der Waals surface area contributed by atoms with Gasteiger partial charge in [-0.15, -0.1) is 23.5 Å². The van der Waals surface area contributed by atoms with Crippen LogP contribution in [0.2, 0.25) is 10.0 Å². The maximum absolute atomic E-state index is 13.6. The van der Waals surface area contributed by atoms with Crippen molar-refractivity contribution in [1.82, 2.24) is 0 Å². The molecule has 0 aliphatic heterocycles. The molecule has 0 amide bonds. The van der Waals surface area contributed by atoms with Crippen molar-refractivity contribution >= 4 is 70.0 Å². The zero-order valence-corrected chi connectivity index (χ0v) is 31.6. The van der Waals surface area contributed by atoms with Crippen LogP contribution in [0.15, 0.2) is 58.3 Å². The van der Waals surface area contributed by atoms with Crippen LogP contribution in [0.4, 0.5) is 37.7 Å². The first-order chi connectivity index (χ1) is 25.7. The van der Waals surface area contributed by atoms with Gasteiger partial charge in [-0.2, -0.15) is 26.3 Å². The first kappa shape index (κ1) is 43.0. The number of hydrogen-bond donors (Lipinski definition) is 0. The lowest BCUT2D eigenvalue weighted by molar-refractivity contribution is -0.388. The highest BCUT2D eigenvalue weighted by atomic mass is 35.5. The lowest BCUT2D eigenvalue weighted by Crippen LogP contribution is -2.13. The van der Waals surface area contributed by atoms with Crippen molar-refractivity contribution in [3.05, 3.63) is 101 Å². The number of nitrogens with zero attached hydrogens (tertiary/aromatic N) is 2. The molecule has 0 aliphatic carbocycles. The van der Waals surface area contributed by atoms with E-state index in [9.17, 15) is 56.2 Å². The zero-order chi connectivity index (χ0) is 41.2. The van der Waals surface area contributed by atoms with Gasteiger partial charge in [0.25, 0.3) is 11.4 Å². The van der Waals surface area contributed by atoms with Crippen LogP contribution in [0.25, 0.3) is 22.3 Å². The number of ether oxygens (including phenoxy) is 3. The summed E-state index contributed by atoms with van der Waals surface area (Å²) < 4.78 is 97.9. The number of esters is 2. The number of rotatable bonds is 12. The van der Waals surface area contributed by atoms with E-state index < -0.39 is 89.3 Å². The van der Waals surface area contributed by atoms with Crippen LogP contribution >= 0.6 is 46.7 Å². The van der Waals surface area contributed by atoms with Gasteiger partial charge in [-0.1, -0.05) is 47.5 Å². The third-order valence-electron chi connectivity index (χ3n) is 7.59. The zero-order valence-electron chi connectivity index (χ0n) is 28.4. The number of nitro benzene ring substituents is 2. The van der Waals surface area contributed by atoms with E-state index in [0.29, 0.717) is 47.8 Å². The Morgan fingerprint density at radius 2 is 0.964 bits per heavy atom. The summed E-state index contributed by atoms with van der Waals surface area (Å²) in [6.07, 6.45) is -6.95. The van der Waals surface area contributed by atoms with E-state index in [0.717, 1.165) is 24.3 Å². The Bertz CT molecular complexity index is 2030. The van der Waals surface area contributed by atoms with Crippen molar-refractivity contribution in [2.45, 2.75) is 36.0 Å². The summed E-state index contributed by atoms with van der Waals surface area (Å²) in [4.78, 5) is 49.1. The number of alkyl halides is 6. The monoisotopic (exact) mass is 852 g/mol. The minimum atomic E-state index is -4.81. The lowest BCUT2D eigenvalue weighted by Gasteiger charge is -2.23. The number of carbonyl (C=O) groups is 2. The molecule has 4 rings (SSSR count). The fourth-order valence-electron chi connectivity index (χ4n) is 5.32. The molecule has 0 radical (unpaired) electrons. The van der Waals surface area contributed by atoms with Crippen molar-refractivity contribution in [3.8, 4) is 33.8 Å². The summed E-state index contributed by atoms with van der Waals surface area (Å²) in [6, 6.07) is 6.33. The van der Waals surface area contributed by atoms with Gasteiger partial charge in [0.15, 0.2) is 22.6 Å². The molecule has 0 atom stereocenters. The minimum Gasteiger partial charge on any atom is -0.462 e. The summed E-state index contributed by atoms with van der Waals surface area (Å²) in [5, 5.41) is 23.5. The van der Waals surface area contributed by atoms with Crippen LogP contribution in [0.1, 0.15) is 45.7 Å². The molecule has 0 aromatic heterocycles. The van der Waals surface area contributed by atoms with E-state index in [-0.39, 0.29) is 45.3 Å². The summed E-state index contributed by atoms with van der Waals surface area (Å²) >= 11 is 14.8. The van der Waals surface area contributed by atoms with Crippen LogP contribution in [-0.4, -0.2) is 47.5 Å². The van der Waals surface area contributed by atoms with Crippen molar-refractivity contribution in [2.75, 3.05) is 25.7 Å². The van der Waals surface area contributed by atoms with Gasteiger partial charge in [-0.25, -0.2) is 9.59 Å². The highest BCUT2D eigenvalue weighted by molar-refractivity contribution is 7.99. The number of carbonyl (C=O) groups excluding carboxylic acids is 2. The molecule has 0 unspecified atom stereocenters. The molecule has 4 aromatic rings. The second-order valence-corrected chi connectivity index (χ2v) is 13.1. The van der Waals surface area contributed by atoms with Gasteiger partial charge in [-0.05, 0) is 61.8 Å². The predicted octanol–water partition coefficient (Wildman–Crippen LogP) is 11.8. The van der Waals surface area contributed by atoms with E-state index in [1.807, 2.05) is 0 Å². The number of nitro groups is 2. The van der Waals surface area contributed by atoms with E-state index in [4.69, 9.17) is 37.4 Å². The van der Waals surface area contributed by atoms with Gasteiger partial charge >= 0.3 is 24.3 Å². The lowest BCUT2D eigenvalue weighted by atomic mass is 9.97. The van der Waals surface area contributed by atoms with Crippen LogP contribution in [0, 0.1) is 20.2 Å². The molecule has 0 bridgehead atoms. The average Bonchev–Trinajstić information content (AvgIpc) is 3.11. The van der Waals surface area contributed by atoms with Crippen molar-refractivity contribution in [2.24, 2.45) is 0 Å². The van der Waals surface area contributed by atoms with Crippen molar-refractivity contribution < 1.29 is 60.0 Å². The molecule has 11 nitrogen and oxygen atoms in total. The summed E-state index contributed by atoms with van der Waals surface area (Å²) in [6.45, 7) is 2.16. The first-order valence-corrected chi connectivity index (χ1v) is 18.5.